The van der Waals surface area contributed by atoms with E-state index in [1.165, 1.54) is 18.2 Å². The minimum absolute atomic E-state index is 0.125. The van der Waals surface area contributed by atoms with Gasteiger partial charge >= 0.3 is 5.97 Å². The van der Waals surface area contributed by atoms with Gasteiger partial charge in [-0.2, -0.15) is 0 Å². The molecule has 1 aliphatic carbocycles. The Kier molecular flexibility index (Phi) is 2.67. The molecule has 0 atom stereocenters. The molecule has 1 aromatic carbocycles. The topological polar surface area (TPSA) is 93.3 Å². The van der Waals surface area contributed by atoms with Gasteiger partial charge in [-0.1, -0.05) is 0 Å². The number of carbonyl (C=O) groups is 1. The number of hydrogen-bond acceptors (Lipinski definition) is 4. The lowest BCUT2D eigenvalue weighted by atomic mass is 9.99. The number of carboxylic acid groups (broad SMARTS) is 1. The summed E-state index contributed by atoms with van der Waals surface area (Å²) >= 11 is 0. The number of fused-ring (bicyclic) bond motifs is 1. The fourth-order valence-electron chi connectivity index (χ4n) is 2.51. The molecule has 1 heterocycles. The van der Waals surface area contributed by atoms with Crippen molar-refractivity contribution >= 4 is 22.6 Å². The molecule has 0 amide bonds. The number of hydrogen-bond donors (Lipinski definition) is 1. The van der Waals surface area contributed by atoms with Crippen LogP contribution in [0.3, 0.4) is 0 Å². The first-order valence-corrected chi connectivity index (χ1v) is 6.31. The van der Waals surface area contributed by atoms with E-state index in [1.54, 1.807) is 6.92 Å². The van der Waals surface area contributed by atoms with Gasteiger partial charge in [-0.05, 0) is 31.4 Å². The molecule has 6 heteroatoms. The Bertz CT molecular complexity index is 750. The van der Waals surface area contributed by atoms with Crippen molar-refractivity contribution in [3.8, 4) is 0 Å². The molecule has 0 unspecified atom stereocenters. The molecule has 1 saturated carbocycles. The maximum absolute atomic E-state index is 11.5. The van der Waals surface area contributed by atoms with Crippen LogP contribution in [0, 0.1) is 17.0 Å². The van der Waals surface area contributed by atoms with Gasteiger partial charge in [-0.25, -0.2) is 4.79 Å². The molecule has 102 valence electrons. The Balaban J connectivity index is 2.35. The van der Waals surface area contributed by atoms with Gasteiger partial charge in [-0.15, -0.1) is 0 Å². The number of non-ortho nitro benzene ring substituents is 1. The van der Waals surface area contributed by atoms with E-state index in [2.05, 4.69) is 4.98 Å². The van der Waals surface area contributed by atoms with Crippen LogP contribution in [0.1, 0.15) is 40.4 Å². The van der Waals surface area contributed by atoms with Crippen molar-refractivity contribution in [3.63, 3.8) is 0 Å². The number of nitro benzene ring substituents is 1. The second-order valence-corrected chi connectivity index (χ2v) is 5.04. The zero-order valence-corrected chi connectivity index (χ0v) is 10.8. The van der Waals surface area contributed by atoms with Crippen molar-refractivity contribution in [2.45, 2.75) is 25.7 Å². The number of rotatable bonds is 3. The fourth-order valence-corrected chi connectivity index (χ4v) is 2.51. The number of aromatic nitrogens is 1. The summed E-state index contributed by atoms with van der Waals surface area (Å²) in [5, 5.41) is 20.6. The number of nitro groups is 1. The monoisotopic (exact) mass is 272 g/mol. The Morgan fingerprint density at radius 2 is 2.15 bits per heavy atom. The van der Waals surface area contributed by atoms with Crippen molar-refractivity contribution in [1.82, 2.24) is 4.98 Å². The highest BCUT2D eigenvalue weighted by Crippen LogP contribution is 2.42. The summed E-state index contributed by atoms with van der Waals surface area (Å²) in [4.78, 5) is 26.3. The maximum Gasteiger partial charge on any atom is 0.336 e. The number of nitrogens with zero attached hydrogens (tertiary/aromatic N) is 2. The van der Waals surface area contributed by atoms with Gasteiger partial charge in [0.25, 0.3) is 5.69 Å². The maximum atomic E-state index is 11.5. The van der Waals surface area contributed by atoms with Crippen LogP contribution in [-0.4, -0.2) is 21.0 Å². The molecule has 6 nitrogen and oxygen atoms in total. The van der Waals surface area contributed by atoms with Crippen LogP contribution in [0.2, 0.25) is 0 Å². The van der Waals surface area contributed by atoms with Crippen LogP contribution >= 0.6 is 0 Å². The van der Waals surface area contributed by atoms with E-state index in [0.717, 1.165) is 18.5 Å². The van der Waals surface area contributed by atoms with E-state index >= 15 is 0 Å². The quantitative estimate of drug-likeness (QED) is 0.684. The summed E-state index contributed by atoms with van der Waals surface area (Å²) in [6.45, 7) is 1.72. The van der Waals surface area contributed by atoms with E-state index in [0.29, 0.717) is 22.4 Å². The van der Waals surface area contributed by atoms with Gasteiger partial charge in [0.05, 0.1) is 16.0 Å². The largest absolute Gasteiger partial charge is 0.478 e. The first-order chi connectivity index (χ1) is 9.49. The third-order valence-electron chi connectivity index (χ3n) is 3.64. The summed E-state index contributed by atoms with van der Waals surface area (Å²) < 4.78 is 0. The first-order valence-electron chi connectivity index (χ1n) is 6.31. The highest BCUT2D eigenvalue weighted by molar-refractivity contribution is 6.04. The second kappa shape index (κ2) is 4.26. The zero-order chi connectivity index (χ0) is 14.4. The standard InChI is InChI=1S/C14H12N2O4/c1-7-12(14(17)18)10-6-9(16(19)20)4-5-11(10)15-13(7)8-2-3-8/h4-6,8H,2-3H2,1H3,(H,17,18). The molecular weight excluding hydrogens is 260 g/mol. The third-order valence-corrected chi connectivity index (χ3v) is 3.64. The lowest BCUT2D eigenvalue weighted by molar-refractivity contribution is -0.384. The van der Waals surface area contributed by atoms with E-state index in [4.69, 9.17) is 0 Å². The number of aromatic carboxylic acids is 1. The van der Waals surface area contributed by atoms with E-state index in [-0.39, 0.29) is 11.3 Å². The minimum atomic E-state index is -1.07. The van der Waals surface area contributed by atoms with Gasteiger partial charge < -0.3 is 5.11 Å². The van der Waals surface area contributed by atoms with Crippen molar-refractivity contribution in [3.05, 3.63) is 45.1 Å². The van der Waals surface area contributed by atoms with E-state index in [9.17, 15) is 20.0 Å². The average Bonchev–Trinajstić information content (AvgIpc) is 3.20. The van der Waals surface area contributed by atoms with Gasteiger partial charge in [0.2, 0.25) is 0 Å². The van der Waals surface area contributed by atoms with Gasteiger partial charge in [-0.3, -0.25) is 15.1 Å². The first kappa shape index (κ1) is 12.5. The molecule has 3 rings (SSSR count). The summed E-state index contributed by atoms with van der Waals surface area (Å²) in [6, 6.07) is 4.16. The summed E-state index contributed by atoms with van der Waals surface area (Å²) in [5.41, 5.74) is 1.93. The Labute approximate surface area is 114 Å². The summed E-state index contributed by atoms with van der Waals surface area (Å²) in [5.74, 6) is -0.745. The van der Waals surface area contributed by atoms with Crippen LogP contribution in [0.25, 0.3) is 10.9 Å². The van der Waals surface area contributed by atoms with Crippen LogP contribution in [0.4, 0.5) is 5.69 Å². The van der Waals surface area contributed by atoms with Crippen LogP contribution in [0.5, 0.6) is 0 Å². The fraction of sp³-hybridized carbons (Fsp3) is 0.286. The molecule has 20 heavy (non-hydrogen) atoms. The number of carboxylic acids is 1. The summed E-state index contributed by atoms with van der Waals surface area (Å²) in [6.07, 6.45) is 2.04. The Morgan fingerprint density at radius 1 is 1.45 bits per heavy atom. The van der Waals surface area contributed by atoms with Crippen molar-refractivity contribution < 1.29 is 14.8 Å². The molecule has 0 bridgehead atoms. The smallest absolute Gasteiger partial charge is 0.336 e. The van der Waals surface area contributed by atoms with Gasteiger partial charge in [0.15, 0.2) is 0 Å². The zero-order valence-electron chi connectivity index (χ0n) is 10.8. The van der Waals surface area contributed by atoms with E-state index < -0.39 is 10.9 Å². The Morgan fingerprint density at radius 3 is 2.70 bits per heavy atom. The van der Waals surface area contributed by atoms with Crippen LogP contribution in [-0.2, 0) is 0 Å². The molecule has 1 aliphatic rings. The Hall–Kier alpha value is -2.50. The predicted molar refractivity (Wildman–Crippen MR) is 72.1 cm³/mol. The van der Waals surface area contributed by atoms with Gasteiger partial charge in [0, 0.05) is 29.1 Å². The SMILES string of the molecule is Cc1c(C2CC2)nc2ccc([N+](=O)[O-])cc2c1C(=O)O. The van der Waals surface area contributed by atoms with Gasteiger partial charge in [0.1, 0.15) is 0 Å². The van der Waals surface area contributed by atoms with Crippen LogP contribution in [0.15, 0.2) is 18.2 Å². The van der Waals surface area contributed by atoms with Crippen LogP contribution < -0.4 is 0 Å². The highest BCUT2D eigenvalue weighted by Gasteiger charge is 2.30. The van der Waals surface area contributed by atoms with Crippen molar-refractivity contribution in [1.29, 1.82) is 0 Å². The lowest BCUT2D eigenvalue weighted by Crippen LogP contribution is -2.06. The molecule has 1 aromatic heterocycles. The number of pyridine rings is 1. The molecule has 0 saturated heterocycles. The number of benzene rings is 1. The molecule has 1 N–H and O–H groups in total. The van der Waals surface area contributed by atoms with Crippen molar-refractivity contribution in [2.24, 2.45) is 0 Å². The highest BCUT2D eigenvalue weighted by atomic mass is 16.6. The molecule has 0 aliphatic heterocycles. The average molecular weight is 272 g/mol. The minimum Gasteiger partial charge on any atom is -0.478 e. The molecule has 0 radical (unpaired) electrons. The summed E-state index contributed by atoms with van der Waals surface area (Å²) in [7, 11) is 0. The van der Waals surface area contributed by atoms with Crippen molar-refractivity contribution in [2.75, 3.05) is 0 Å². The van der Waals surface area contributed by atoms with E-state index in [1.807, 2.05) is 0 Å². The predicted octanol–water partition coefficient (Wildman–Crippen LogP) is 3.03. The second-order valence-electron chi connectivity index (χ2n) is 5.04. The molecule has 2 aromatic rings. The molecular formula is C14H12N2O4. The third kappa shape index (κ3) is 1.89. The normalized spacial score (nSPS) is 14.4. The molecule has 0 spiro atoms. The lowest BCUT2D eigenvalue weighted by Gasteiger charge is -2.11. The molecule has 1 fully saturated rings.